The lowest BCUT2D eigenvalue weighted by Crippen LogP contribution is -2.22. The van der Waals surface area contributed by atoms with Crippen molar-refractivity contribution >= 4 is 17.3 Å². The van der Waals surface area contributed by atoms with Crippen molar-refractivity contribution in [3.8, 4) is 5.75 Å². The van der Waals surface area contributed by atoms with Gasteiger partial charge in [-0.1, -0.05) is 18.2 Å². The molecule has 0 unspecified atom stereocenters. The molecule has 0 atom stereocenters. The number of hydrogen-bond acceptors (Lipinski definition) is 3. The topological polar surface area (TPSA) is 50.4 Å². The molecule has 0 aliphatic heterocycles. The molecule has 2 N–H and O–H groups in total. The highest BCUT2D eigenvalue weighted by Gasteiger charge is 2.05. The first kappa shape index (κ1) is 16.9. The van der Waals surface area contributed by atoms with Gasteiger partial charge < -0.3 is 15.4 Å². The van der Waals surface area contributed by atoms with E-state index in [-0.39, 0.29) is 18.6 Å². The third kappa shape index (κ3) is 5.33. The molecule has 0 fully saturated rings. The van der Waals surface area contributed by atoms with E-state index in [1.165, 1.54) is 0 Å². The SMILES string of the molecule is Cc1ccc(C)c(NCC(=O)Nc2cccc(OC(C)C)c2)c1. The van der Waals surface area contributed by atoms with E-state index in [9.17, 15) is 4.79 Å². The van der Waals surface area contributed by atoms with Gasteiger partial charge in [-0.05, 0) is 57.0 Å². The van der Waals surface area contributed by atoms with Crippen LogP contribution in [-0.4, -0.2) is 18.6 Å². The van der Waals surface area contributed by atoms with Crippen molar-refractivity contribution in [2.75, 3.05) is 17.2 Å². The van der Waals surface area contributed by atoms with Gasteiger partial charge in [0.05, 0.1) is 12.6 Å². The maximum atomic E-state index is 12.1. The number of anilines is 2. The van der Waals surface area contributed by atoms with Crippen LogP contribution in [0.1, 0.15) is 25.0 Å². The number of ether oxygens (including phenoxy) is 1. The van der Waals surface area contributed by atoms with Gasteiger partial charge in [0.1, 0.15) is 5.75 Å². The Labute approximate surface area is 137 Å². The molecule has 4 heteroatoms. The van der Waals surface area contributed by atoms with E-state index in [2.05, 4.69) is 16.7 Å². The minimum atomic E-state index is -0.0902. The Morgan fingerprint density at radius 1 is 1.13 bits per heavy atom. The van der Waals surface area contributed by atoms with Gasteiger partial charge in [-0.3, -0.25) is 4.79 Å². The molecule has 0 spiro atoms. The van der Waals surface area contributed by atoms with Gasteiger partial charge in [0, 0.05) is 17.4 Å². The molecule has 2 aromatic carbocycles. The summed E-state index contributed by atoms with van der Waals surface area (Å²) in [5.74, 6) is 0.660. The zero-order valence-electron chi connectivity index (χ0n) is 14.1. The minimum absolute atomic E-state index is 0.0902. The van der Waals surface area contributed by atoms with Crippen LogP contribution in [0.2, 0.25) is 0 Å². The van der Waals surface area contributed by atoms with Crippen LogP contribution >= 0.6 is 0 Å². The minimum Gasteiger partial charge on any atom is -0.491 e. The fourth-order valence-corrected chi connectivity index (χ4v) is 2.23. The number of nitrogens with one attached hydrogen (secondary N) is 2. The molecule has 0 radical (unpaired) electrons. The summed E-state index contributed by atoms with van der Waals surface area (Å²) in [7, 11) is 0. The molecule has 122 valence electrons. The number of hydrogen-bond donors (Lipinski definition) is 2. The lowest BCUT2D eigenvalue weighted by atomic mass is 10.1. The third-order valence-corrected chi connectivity index (χ3v) is 3.32. The predicted octanol–water partition coefficient (Wildman–Crippen LogP) is 4.14. The third-order valence-electron chi connectivity index (χ3n) is 3.32. The highest BCUT2D eigenvalue weighted by molar-refractivity contribution is 5.94. The smallest absolute Gasteiger partial charge is 0.243 e. The van der Waals surface area contributed by atoms with E-state index in [1.54, 1.807) is 0 Å². The molecule has 2 aromatic rings. The van der Waals surface area contributed by atoms with Crippen molar-refractivity contribution in [3.05, 3.63) is 53.6 Å². The van der Waals surface area contributed by atoms with Crippen molar-refractivity contribution in [2.24, 2.45) is 0 Å². The molecule has 0 saturated heterocycles. The predicted molar refractivity (Wildman–Crippen MR) is 95.2 cm³/mol. The summed E-state index contributed by atoms with van der Waals surface area (Å²) in [6.07, 6.45) is 0.104. The second-order valence-electron chi connectivity index (χ2n) is 5.91. The Morgan fingerprint density at radius 2 is 1.91 bits per heavy atom. The van der Waals surface area contributed by atoms with E-state index < -0.39 is 0 Å². The fraction of sp³-hybridized carbons (Fsp3) is 0.316. The van der Waals surface area contributed by atoms with E-state index in [0.717, 1.165) is 28.3 Å². The fourth-order valence-electron chi connectivity index (χ4n) is 2.23. The highest BCUT2D eigenvalue weighted by atomic mass is 16.5. The van der Waals surface area contributed by atoms with Gasteiger partial charge in [0.15, 0.2) is 0 Å². The summed E-state index contributed by atoms with van der Waals surface area (Å²) in [6, 6.07) is 13.6. The van der Waals surface area contributed by atoms with Crippen LogP contribution in [0.15, 0.2) is 42.5 Å². The number of benzene rings is 2. The van der Waals surface area contributed by atoms with Gasteiger partial charge >= 0.3 is 0 Å². The van der Waals surface area contributed by atoms with Gasteiger partial charge in [-0.25, -0.2) is 0 Å². The van der Waals surface area contributed by atoms with E-state index in [0.29, 0.717) is 0 Å². The maximum Gasteiger partial charge on any atom is 0.243 e. The number of carbonyl (C=O) groups excluding carboxylic acids is 1. The molecule has 0 heterocycles. The zero-order valence-corrected chi connectivity index (χ0v) is 14.1. The number of amides is 1. The molecule has 0 bridgehead atoms. The molecule has 23 heavy (non-hydrogen) atoms. The molecule has 0 aliphatic carbocycles. The van der Waals surface area contributed by atoms with Gasteiger partial charge in [0.25, 0.3) is 0 Å². The summed E-state index contributed by atoms with van der Waals surface area (Å²) in [4.78, 5) is 12.1. The summed E-state index contributed by atoms with van der Waals surface area (Å²) in [5, 5.41) is 6.06. The van der Waals surface area contributed by atoms with Crippen molar-refractivity contribution < 1.29 is 9.53 Å². The largest absolute Gasteiger partial charge is 0.491 e. The number of carbonyl (C=O) groups is 1. The number of aryl methyl sites for hydroxylation is 2. The number of rotatable bonds is 6. The molecule has 0 aliphatic rings. The monoisotopic (exact) mass is 312 g/mol. The normalized spacial score (nSPS) is 10.5. The van der Waals surface area contributed by atoms with Crippen LogP contribution in [0.3, 0.4) is 0 Å². The molecule has 2 rings (SSSR count). The van der Waals surface area contributed by atoms with E-state index >= 15 is 0 Å². The first-order chi connectivity index (χ1) is 10.9. The Balaban J connectivity index is 1.93. The van der Waals surface area contributed by atoms with Crippen LogP contribution in [0.4, 0.5) is 11.4 Å². The molecular formula is C19H24N2O2. The summed E-state index contributed by atoms with van der Waals surface area (Å²) < 4.78 is 5.63. The molecule has 0 aromatic heterocycles. The van der Waals surface area contributed by atoms with Crippen LogP contribution in [0, 0.1) is 13.8 Å². The lowest BCUT2D eigenvalue weighted by Gasteiger charge is -2.13. The quantitative estimate of drug-likeness (QED) is 0.843. The van der Waals surface area contributed by atoms with Crippen molar-refractivity contribution in [1.82, 2.24) is 0 Å². The Kier molecular flexibility index (Phi) is 5.63. The summed E-state index contributed by atoms with van der Waals surface area (Å²) in [6.45, 7) is 8.22. The van der Waals surface area contributed by atoms with Crippen molar-refractivity contribution in [3.63, 3.8) is 0 Å². The molecule has 1 amide bonds. The maximum absolute atomic E-state index is 12.1. The van der Waals surface area contributed by atoms with Crippen LogP contribution < -0.4 is 15.4 Å². The first-order valence-electron chi connectivity index (χ1n) is 7.82. The zero-order chi connectivity index (χ0) is 16.8. The molecular weight excluding hydrogens is 288 g/mol. The van der Waals surface area contributed by atoms with Crippen LogP contribution in [-0.2, 0) is 4.79 Å². The Morgan fingerprint density at radius 3 is 2.65 bits per heavy atom. The second-order valence-corrected chi connectivity index (χ2v) is 5.91. The average molecular weight is 312 g/mol. The highest BCUT2D eigenvalue weighted by Crippen LogP contribution is 2.19. The van der Waals surface area contributed by atoms with E-state index in [4.69, 9.17) is 4.74 Å². The average Bonchev–Trinajstić information content (AvgIpc) is 2.48. The van der Waals surface area contributed by atoms with Crippen molar-refractivity contribution in [1.29, 1.82) is 0 Å². The van der Waals surface area contributed by atoms with Crippen LogP contribution in [0.25, 0.3) is 0 Å². The van der Waals surface area contributed by atoms with Gasteiger partial charge in [-0.2, -0.15) is 0 Å². The van der Waals surface area contributed by atoms with Crippen molar-refractivity contribution in [2.45, 2.75) is 33.8 Å². The molecule has 4 nitrogen and oxygen atoms in total. The Hall–Kier alpha value is -2.49. The molecule has 0 saturated carbocycles. The standard InChI is InChI=1S/C19H24N2O2/c1-13(2)23-17-7-5-6-16(11-17)21-19(22)12-20-18-10-14(3)8-9-15(18)4/h5-11,13,20H,12H2,1-4H3,(H,21,22). The Bertz CT molecular complexity index is 681. The van der Waals surface area contributed by atoms with Gasteiger partial charge in [0.2, 0.25) is 5.91 Å². The summed E-state index contributed by atoms with van der Waals surface area (Å²) >= 11 is 0. The van der Waals surface area contributed by atoms with E-state index in [1.807, 2.05) is 64.1 Å². The van der Waals surface area contributed by atoms with Gasteiger partial charge in [-0.15, -0.1) is 0 Å². The first-order valence-corrected chi connectivity index (χ1v) is 7.82. The van der Waals surface area contributed by atoms with Crippen LogP contribution in [0.5, 0.6) is 5.75 Å². The lowest BCUT2D eigenvalue weighted by molar-refractivity contribution is -0.114. The summed E-state index contributed by atoms with van der Waals surface area (Å²) in [5.41, 5.74) is 4.00. The second kappa shape index (κ2) is 7.68.